The lowest BCUT2D eigenvalue weighted by Crippen LogP contribution is -2.40. The molecule has 1 heterocycles. The maximum absolute atomic E-state index is 12.2. The van der Waals surface area contributed by atoms with E-state index in [2.05, 4.69) is 50.9 Å². The average Bonchev–Trinajstić information content (AvgIpc) is 2.75. The fourth-order valence-corrected chi connectivity index (χ4v) is 4.28. The number of imide groups is 1. The monoisotopic (exact) mass is 423 g/mol. The minimum absolute atomic E-state index is 0.241. The predicted octanol–water partition coefficient (Wildman–Crippen LogP) is 4.17. The van der Waals surface area contributed by atoms with Crippen molar-refractivity contribution in [1.29, 1.82) is 0 Å². The van der Waals surface area contributed by atoms with Gasteiger partial charge in [-0.1, -0.05) is 69.2 Å². The van der Waals surface area contributed by atoms with Gasteiger partial charge in [-0.05, 0) is 24.1 Å². The Morgan fingerprint density at radius 1 is 1.05 bits per heavy atom. The molecule has 0 bridgehead atoms. The summed E-state index contributed by atoms with van der Waals surface area (Å²) in [6.07, 6.45) is 9.03. The number of hydrogen-bond acceptors (Lipinski definition) is 2. The molecule has 1 aromatic carbocycles. The van der Waals surface area contributed by atoms with Crippen LogP contribution in [0, 0.1) is 0 Å². The van der Waals surface area contributed by atoms with Gasteiger partial charge in [0.05, 0.1) is 19.8 Å². The number of rotatable bonds is 2. The third-order valence-electron chi connectivity index (χ3n) is 4.43. The van der Waals surface area contributed by atoms with Gasteiger partial charge in [0.1, 0.15) is 0 Å². The highest BCUT2D eigenvalue weighted by molar-refractivity contribution is 9.12. The van der Waals surface area contributed by atoms with E-state index in [-0.39, 0.29) is 16.1 Å². The van der Waals surface area contributed by atoms with Crippen LogP contribution in [0.1, 0.15) is 39.6 Å². The maximum atomic E-state index is 12.2. The smallest absolute Gasteiger partial charge is 0.261 e. The Morgan fingerprint density at radius 3 is 2.36 bits per heavy atom. The Bertz CT molecular complexity index is 740. The highest BCUT2D eigenvalue weighted by atomic mass is 79.9. The Balaban J connectivity index is 2.15. The standard InChI is InChI=1S/C17H15Br2NO2/c1-3-16(18)8-4-5-9-17(16,19)11-6-7-12-13(10-11)15(22)20(2)14(12)21/h4-10H,3H2,1-2H3. The fourth-order valence-electron chi connectivity index (χ4n) is 2.95. The molecule has 2 amide bonds. The van der Waals surface area contributed by atoms with Crippen LogP contribution < -0.4 is 0 Å². The largest absolute Gasteiger partial charge is 0.277 e. The highest BCUT2D eigenvalue weighted by Gasteiger charge is 2.47. The summed E-state index contributed by atoms with van der Waals surface area (Å²) in [6, 6.07) is 5.47. The van der Waals surface area contributed by atoms with E-state index in [9.17, 15) is 9.59 Å². The minimum atomic E-state index is -0.469. The van der Waals surface area contributed by atoms with Gasteiger partial charge in [0.25, 0.3) is 11.8 Å². The topological polar surface area (TPSA) is 37.4 Å². The summed E-state index contributed by atoms with van der Waals surface area (Å²) >= 11 is 7.68. The van der Waals surface area contributed by atoms with Crippen LogP contribution >= 0.6 is 31.9 Å². The van der Waals surface area contributed by atoms with Crippen molar-refractivity contribution in [2.45, 2.75) is 22.0 Å². The van der Waals surface area contributed by atoms with E-state index in [0.29, 0.717) is 11.1 Å². The first-order valence-electron chi connectivity index (χ1n) is 7.06. The van der Waals surface area contributed by atoms with Crippen molar-refractivity contribution in [3.8, 4) is 0 Å². The number of fused-ring (bicyclic) bond motifs is 1. The minimum Gasteiger partial charge on any atom is -0.277 e. The van der Waals surface area contributed by atoms with Crippen LogP contribution in [0.25, 0.3) is 0 Å². The van der Waals surface area contributed by atoms with Crippen molar-refractivity contribution in [3.63, 3.8) is 0 Å². The summed E-state index contributed by atoms with van der Waals surface area (Å²) in [5.41, 5.74) is 1.89. The molecule has 0 aromatic heterocycles. The Morgan fingerprint density at radius 2 is 1.68 bits per heavy atom. The zero-order valence-electron chi connectivity index (χ0n) is 12.3. The molecular formula is C17H15Br2NO2. The molecule has 0 radical (unpaired) electrons. The number of halogens is 2. The fraction of sp³-hybridized carbons (Fsp3) is 0.294. The zero-order chi connectivity index (χ0) is 16.1. The second-order valence-corrected chi connectivity index (χ2v) is 8.24. The SMILES string of the molecule is CCC1(Br)C=CC=CC1(Br)c1ccc2c(c1)C(=O)N(C)C2=O. The zero-order valence-corrected chi connectivity index (χ0v) is 15.4. The van der Waals surface area contributed by atoms with E-state index >= 15 is 0 Å². The lowest BCUT2D eigenvalue weighted by Gasteiger charge is -2.41. The summed E-state index contributed by atoms with van der Waals surface area (Å²) in [5.74, 6) is -0.486. The summed E-state index contributed by atoms with van der Waals surface area (Å²) < 4.78 is -0.760. The Labute approximate surface area is 146 Å². The molecule has 2 atom stereocenters. The summed E-state index contributed by atoms with van der Waals surface area (Å²) in [5, 5.41) is 0. The molecule has 0 fully saturated rings. The van der Waals surface area contributed by atoms with Crippen molar-refractivity contribution in [1.82, 2.24) is 4.90 Å². The van der Waals surface area contributed by atoms with Crippen LogP contribution in [0.15, 0.2) is 42.5 Å². The van der Waals surface area contributed by atoms with E-state index in [0.717, 1.165) is 16.9 Å². The van der Waals surface area contributed by atoms with Crippen LogP contribution in [-0.4, -0.2) is 28.1 Å². The molecule has 0 saturated heterocycles. The third-order valence-corrected chi connectivity index (χ3v) is 7.84. The molecule has 3 rings (SSSR count). The molecule has 1 aliphatic heterocycles. The molecule has 0 spiro atoms. The van der Waals surface area contributed by atoms with E-state index in [1.165, 1.54) is 7.05 Å². The van der Waals surface area contributed by atoms with Gasteiger partial charge < -0.3 is 0 Å². The van der Waals surface area contributed by atoms with Crippen LogP contribution in [0.5, 0.6) is 0 Å². The molecule has 3 nitrogen and oxygen atoms in total. The van der Waals surface area contributed by atoms with Gasteiger partial charge in [0.15, 0.2) is 0 Å². The van der Waals surface area contributed by atoms with Crippen molar-refractivity contribution in [2.24, 2.45) is 0 Å². The maximum Gasteiger partial charge on any atom is 0.261 e. The number of nitrogens with zero attached hydrogens (tertiary/aromatic N) is 1. The number of hydrogen-bond donors (Lipinski definition) is 0. The van der Waals surface area contributed by atoms with Crippen molar-refractivity contribution in [3.05, 3.63) is 59.2 Å². The quantitative estimate of drug-likeness (QED) is 0.527. The molecular weight excluding hydrogens is 410 g/mol. The number of benzene rings is 1. The van der Waals surface area contributed by atoms with Gasteiger partial charge in [0.2, 0.25) is 0 Å². The lowest BCUT2D eigenvalue weighted by atomic mass is 9.80. The number of amides is 2. The van der Waals surface area contributed by atoms with Gasteiger partial charge in [-0.15, -0.1) is 0 Å². The number of carbonyl (C=O) groups excluding carboxylic acids is 2. The first-order valence-corrected chi connectivity index (χ1v) is 8.64. The van der Waals surface area contributed by atoms with Gasteiger partial charge in [0, 0.05) is 7.05 Å². The Kier molecular flexibility index (Phi) is 3.68. The van der Waals surface area contributed by atoms with Gasteiger partial charge in [-0.25, -0.2) is 0 Å². The first-order chi connectivity index (χ1) is 10.3. The normalized spacial score (nSPS) is 30.1. The summed E-state index contributed by atoms with van der Waals surface area (Å²) in [4.78, 5) is 25.4. The van der Waals surface area contributed by atoms with Gasteiger partial charge >= 0.3 is 0 Å². The van der Waals surface area contributed by atoms with E-state index in [4.69, 9.17) is 0 Å². The van der Waals surface area contributed by atoms with Crippen LogP contribution in [0.2, 0.25) is 0 Å². The molecule has 0 N–H and O–H groups in total. The second kappa shape index (κ2) is 5.17. The van der Waals surface area contributed by atoms with Crippen LogP contribution in [0.3, 0.4) is 0 Å². The van der Waals surface area contributed by atoms with E-state index < -0.39 is 4.32 Å². The van der Waals surface area contributed by atoms with Crippen molar-refractivity contribution >= 4 is 43.7 Å². The highest BCUT2D eigenvalue weighted by Crippen LogP contribution is 2.52. The number of carbonyl (C=O) groups is 2. The number of allylic oxidation sites excluding steroid dienone is 4. The molecule has 1 aromatic rings. The molecule has 114 valence electrons. The number of alkyl halides is 2. The van der Waals surface area contributed by atoms with Crippen molar-refractivity contribution < 1.29 is 9.59 Å². The van der Waals surface area contributed by atoms with E-state index in [1.807, 2.05) is 24.3 Å². The lowest BCUT2D eigenvalue weighted by molar-refractivity contribution is 0.0693. The van der Waals surface area contributed by atoms with Crippen LogP contribution in [0.4, 0.5) is 0 Å². The molecule has 5 heteroatoms. The third kappa shape index (κ3) is 1.98. The van der Waals surface area contributed by atoms with Gasteiger partial charge in [-0.3, -0.25) is 14.5 Å². The molecule has 2 unspecified atom stereocenters. The summed E-state index contributed by atoms with van der Waals surface area (Å²) in [7, 11) is 1.51. The molecule has 22 heavy (non-hydrogen) atoms. The molecule has 0 saturated carbocycles. The Hall–Kier alpha value is -1.20. The average molecular weight is 425 g/mol. The molecule has 1 aliphatic carbocycles. The van der Waals surface area contributed by atoms with Gasteiger partial charge in [-0.2, -0.15) is 0 Å². The summed E-state index contributed by atoms with van der Waals surface area (Å²) in [6.45, 7) is 2.10. The first kappa shape index (κ1) is 15.7. The second-order valence-electron chi connectivity index (χ2n) is 5.58. The van der Waals surface area contributed by atoms with E-state index in [1.54, 1.807) is 6.07 Å². The predicted molar refractivity (Wildman–Crippen MR) is 93.7 cm³/mol. The van der Waals surface area contributed by atoms with Crippen LogP contribution in [-0.2, 0) is 4.32 Å². The molecule has 2 aliphatic rings. The van der Waals surface area contributed by atoms with Crippen molar-refractivity contribution in [2.75, 3.05) is 7.05 Å².